The molecule has 7 nitrogen and oxygen atoms in total. The third kappa shape index (κ3) is 3.78. The number of benzene rings is 1. The number of carbonyl (C=O) groups excluding carboxylic acids is 1. The summed E-state index contributed by atoms with van der Waals surface area (Å²) in [6.07, 6.45) is 6.08. The van der Waals surface area contributed by atoms with Crippen LogP contribution in [0.1, 0.15) is 42.5 Å². The number of ether oxygens (including phenoxy) is 1. The van der Waals surface area contributed by atoms with Crippen LogP contribution in [0.15, 0.2) is 18.2 Å². The number of piperidine rings is 1. The quantitative estimate of drug-likeness (QED) is 0.601. The molecular formula is C20H27N3O4. The Bertz CT molecular complexity index is 717. The van der Waals surface area contributed by atoms with E-state index in [1.807, 2.05) is 4.90 Å². The molecule has 3 aliphatic rings. The highest BCUT2D eigenvalue weighted by molar-refractivity contribution is 6.00. The van der Waals surface area contributed by atoms with Crippen LogP contribution in [0.3, 0.4) is 0 Å². The van der Waals surface area contributed by atoms with Crippen LogP contribution in [0.25, 0.3) is 0 Å². The number of likely N-dealkylation sites (tertiary alicyclic amines) is 1. The van der Waals surface area contributed by atoms with Crippen LogP contribution in [0, 0.1) is 22.0 Å². The van der Waals surface area contributed by atoms with Crippen molar-refractivity contribution >= 4 is 17.3 Å². The van der Waals surface area contributed by atoms with E-state index >= 15 is 0 Å². The minimum Gasteiger partial charge on any atom is -0.378 e. The lowest BCUT2D eigenvalue weighted by atomic mass is 9.75. The maximum Gasteiger partial charge on any atom is 0.270 e. The largest absolute Gasteiger partial charge is 0.378 e. The molecule has 0 radical (unpaired) electrons. The summed E-state index contributed by atoms with van der Waals surface area (Å²) >= 11 is 0. The number of carbonyl (C=O) groups is 1. The van der Waals surface area contributed by atoms with E-state index in [0.29, 0.717) is 37.8 Å². The Morgan fingerprint density at radius 2 is 1.81 bits per heavy atom. The molecule has 0 N–H and O–H groups in total. The minimum atomic E-state index is -0.423. The average Bonchev–Trinajstić information content (AvgIpc) is 2.73. The van der Waals surface area contributed by atoms with Gasteiger partial charge >= 0.3 is 0 Å². The van der Waals surface area contributed by atoms with Crippen molar-refractivity contribution in [3.63, 3.8) is 0 Å². The van der Waals surface area contributed by atoms with Gasteiger partial charge in [0.2, 0.25) is 0 Å². The van der Waals surface area contributed by atoms with Gasteiger partial charge in [-0.1, -0.05) is 19.3 Å². The first-order chi connectivity index (χ1) is 13.1. The van der Waals surface area contributed by atoms with E-state index in [-0.39, 0.29) is 11.6 Å². The predicted octanol–water partition coefficient (Wildman–Crippen LogP) is 3.08. The third-order valence-corrected chi connectivity index (χ3v) is 6.35. The summed E-state index contributed by atoms with van der Waals surface area (Å²) in [4.78, 5) is 28.2. The van der Waals surface area contributed by atoms with Gasteiger partial charge in [-0.05, 0) is 30.7 Å². The van der Waals surface area contributed by atoms with Crippen molar-refractivity contribution < 1.29 is 14.5 Å². The second kappa shape index (κ2) is 7.84. The van der Waals surface area contributed by atoms with E-state index in [4.69, 9.17) is 4.74 Å². The van der Waals surface area contributed by atoms with E-state index in [9.17, 15) is 14.9 Å². The molecule has 0 unspecified atom stereocenters. The van der Waals surface area contributed by atoms with Gasteiger partial charge in [0.1, 0.15) is 0 Å². The van der Waals surface area contributed by atoms with Crippen LogP contribution in [0.5, 0.6) is 0 Å². The number of amides is 1. The van der Waals surface area contributed by atoms with E-state index in [1.165, 1.54) is 37.8 Å². The first-order valence-corrected chi connectivity index (χ1v) is 10.0. The standard InChI is InChI=1S/C20H27N3O4/c24-20(22-8-7-15-3-1-2-4-16(15)14-22)18-13-17(23(25)26)5-6-19(18)21-9-11-27-12-10-21/h5-6,13,15-16H,1-4,7-12,14H2/t15-,16-/m1/s1. The molecule has 4 rings (SSSR count). The summed E-state index contributed by atoms with van der Waals surface area (Å²) in [6, 6.07) is 4.68. The molecule has 1 aromatic rings. The molecule has 0 bridgehead atoms. The molecule has 2 heterocycles. The predicted molar refractivity (Wildman–Crippen MR) is 102 cm³/mol. The number of morpholine rings is 1. The molecule has 1 aromatic carbocycles. The van der Waals surface area contributed by atoms with Crippen LogP contribution in [-0.4, -0.2) is 55.1 Å². The summed E-state index contributed by atoms with van der Waals surface area (Å²) in [6.45, 7) is 4.15. The van der Waals surface area contributed by atoms with Gasteiger partial charge in [0, 0.05) is 38.3 Å². The van der Waals surface area contributed by atoms with E-state index in [1.54, 1.807) is 6.07 Å². The Balaban J connectivity index is 1.60. The fourth-order valence-corrected chi connectivity index (χ4v) is 4.84. The van der Waals surface area contributed by atoms with E-state index < -0.39 is 4.92 Å². The third-order valence-electron chi connectivity index (χ3n) is 6.35. The molecule has 3 fully saturated rings. The molecule has 1 saturated carbocycles. The molecule has 0 aromatic heterocycles. The van der Waals surface area contributed by atoms with Gasteiger partial charge in [0.25, 0.3) is 11.6 Å². The van der Waals surface area contributed by atoms with Crippen molar-refractivity contribution in [3.05, 3.63) is 33.9 Å². The fourth-order valence-electron chi connectivity index (χ4n) is 4.84. The molecule has 146 valence electrons. The number of hydrogen-bond acceptors (Lipinski definition) is 5. The molecule has 0 spiro atoms. The number of nitrogens with zero attached hydrogens (tertiary/aromatic N) is 3. The number of nitro benzene ring substituents is 1. The average molecular weight is 373 g/mol. The van der Waals surface area contributed by atoms with Gasteiger partial charge in [-0.3, -0.25) is 14.9 Å². The van der Waals surface area contributed by atoms with Crippen molar-refractivity contribution in [1.82, 2.24) is 4.90 Å². The fraction of sp³-hybridized carbons (Fsp3) is 0.650. The normalized spacial score (nSPS) is 25.8. The lowest BCUT2D eigenvalue weighted by Gasteiger charge is -2.41. The number of rotatable bonds is 3. The first-order valence-electron chi connectivity index (χ1n) is 10.0. The zero-order valence-electron chi connectivity index (χ0n) is 15.6. The van der Waals surface area contributed by atoms with Crippen LogP contribution in [-0.2, 0) is 4.74 Å². The maximum absolute atomic E-state index is 13.4. The number of non-ortho nitro benzene ring substituents is 1. The Morgan fingerprint density at radius 3 is 2.56 bits per heavy atom. The van der Waals surface area contributed by atoms with Gasteiger partial charge in [0.15, 0.2) is 0 Å². The SMILES string of the molecule is O=C(c1cc([N+](=O)[O-])ccc1N1CCOCC1)N1CC[C@H]2CCCC[C@@H]2C1. The monoisotopic (exact) mass is 373 g/mol. The Morgan fingerprint density at radius 1 is 1.07 bits per heavy atom. The second-order valence-corrected chi connectivity index (χ2v) is 7.90. The smallest absolute Gasteiger partial charge is 0.270 e. The van der Waals surface area contributed by atoms with Gasteiger partial charge in [-0.25, -0.2) is 0 Å². The zero-order valence-corrected chi connectivity index (χ0v) is 15.6. The number of hydrogen-bond donors (Lipinski definition) is 0. The molecule has 2 atom stereocenters. The minimum absolute atomic E-state index is 0.0251. The Kier molecular flexibility index (Phi) is 5.29. The van der Waals surface area contributed by atoms with Gasteiger partial charge in [0.05, 0.1) is 29.4 Å². The van der Waals surface area contributed by atoms with Crippen LogP contribution >= 0.6 is 0 Å². The molecule has 27 heavy (non-hydrogen) atoms. The molecule has 7 heteroatoms. The van der Waals surface area contributed by atoms with Gasteiger partial charge in [-0.15, -0.1) is 0 Å². The molecule has 1 amide bonds. The van der Waals surface area contributed by atoms with Crippen molar-refractivity contribution in [2.75, 3.05) is 44.3 Å². The highest BCUT2D eigenvalue weighted by Crippen LogP contribution is 2.37. The van der Waals surface area contributed by atoms with Crippen molar-refractivity contribution in [1.29, 1.82) is 0 Å². The van der Waals surface area contributed by atoms with Gasteiger partial charge in [-0.2, -0.15) is 0 Å². The Hall–Kier alpha value is -2.15. The summed E-state index contributed by atoms with van der Waals surface area (Å²) in [5.74, 6) is 1.26. The van der Waals surface area contributed by atoms with Crippen LogP contribution in [0.4, 0.5) is 11.4 Å². The number of fused-ring (bicyclic) bond motifs is 1. The van der Waals surface area contributed by atoms with Crippen molar-refractivity contribution in [2.45, 2.75) is 32.1 Å². The summed E-state index contributed by atoms with van der Waals surface area (Å²) < 4.78 is 5.41. The zero-order chi connectivity index (χ0) is 18.8. The lowest BCUT2D eigenvalue weighted by molar-refractivity contribution is -0.384. The summed E-state index contributed by atoms with van der Waals surface area (Å²) in [5, 5.41) is 11.3. The molecule has 1 aliphatic carbocycles. The highest BCUT2D eigenvalue weighted by Gasteiger charge is 2.34. The number of nitro groups is 1. The van der Waals surface area contributed by atoms with Gasteiger partial charge < -0.3 is 14.5 Å². The molecule has 2 saturated heterocycles. The molecule has 2 aliphatic heterocycles. The summed E-state index contributed by atoms with van der Waals surface area (Å²) in [5.41, 5.74) is 1.22. The topological polar surface area (TPSA) is 75.9 Å². The van der Waals surface area contributed by atoms with E-state index in [0.717, 1.165) is 31.1 Å². The maximum atomic E-state index is 13.4. The van der Waals surface area contributed by atoms with Crippen LogP contribution < -0.4 is 4.90 Å². The van der Waals surface area contributed by atoms with E-state index in [2.05, 4.69) is 4.90 Å². The van der Waals surface area contributed by atoms with Crippen molar-refractivity contribution in [3.8, 4) is 0 Å². The highest BCUT2D eigenvalue weighted by atomic mass is 16.6. The second-order valence-electron chi connectivity index (χ2n) is 7.90. The lowest BCUT2D eigenvalue weighted by Crippen LogP contribution is -2.45. The number of anilines is 1. The van der Waals surface area contributed by atoms with Crippen LogP contribution in [0.2, 0.25) is 0 Å². The first kappa shape index (κ1) is 18.2. The molecular weight excluding hydrogens is 346 g/mol. The summed E-state index contributed by atoms with van der Waals surface area (Å²) in [7, 11) is 0. The van der Waals surface area contributed by atoms with Crippen molar-refractivity contribution in [2.24, 2.45) is 11.8 Å². The Labute approximate surface area is 159 Å².